The van der Waals surface area contributed by atoms with Crippen LogP contribution in [0.4, 0.5) is 4.39 Å². The highest BCUT2D eigenvalue weighted by Gasteiger charge is 2.65. The summed E-state index contributed by atoms with van der Waals surface area (Å²) in [6.07, 6.45) is 15.7. The number of allylic oxidation sites excluding steroid dienone is 5. The van der Waals surface area contributed by atoms with Crippen molar-refractivity contribution in [3.63, 3.8) is 0 Å². The minimum atomic E-state index is -1.15. The standard InChI is InChI=1S/C44H66N6O5.C6H12.C4H5F.2C2H6.CH4O/c1-26(2)38-32(51)20-44(21-36(49-46-9)50(19-18-45)25-35-47-23-27(3)24-48-35)17-13-31-29(39(38)44)10-11-34-42(7)16-14-33(28(4)30(42)12-15-43(31,34)8)55-37(52)22-41(5,6)40(53)54;1-5-6(2,3)4;1-3-4(2)5;3*1-2/h23-24,26,28-31,33-34H,9-22,25,45H2,1-8H3,(H,53,54);5H,1H2,2-4H3;3H,1-2H2;2*1-2H3;2H,1H3/b49-36-;;;;;. The van der Waals surface area contributed by atoms with Crippen LogP contribution in [0.25, 0.3) is 0 Å². The van der Waals surface area contributed by atoms with Crippen LogP contribution in [-0.4, -0.2) is 81.7 Å². The summed E-state index contributed by atoms with van der Waals surface area (Å²) in [7, 11) is 1.00. The topological polar surface area (TPSA) is 181 Å². The van der Waals surface area contributed by atoms with Crippen molar-refractivity contribution in [1.29, 1.82) is 0 Å². The van der Waals surface area contributed by atoms with E-state index in [0.29, 0.717) is 73.2 Å². The zero-order valence-corrected chi connectivity index (χ0v) is 47.8. The number of Topliss-reactive ketones (excluding diaryl/α,β-unsaturated/α-hetero) is 1. The van der Waals surface area contributed by atoms with E-state index >= 15 is 0 Å². The molecule has 4 N–H and O–H groups in total. The number of ketones is 1. The van der Waals surface area contributed by atoms with E-state index < -0.39 is 23.2 Å². The summed E-state index contributed by atoms with van der Waals surface area (Å²) in [5, 5.41) is 25.3. The van der Waals surface area contributed by atoms with Crippen LogP contribution in [0.5, 0.6) is 0 Å². The summed E-state index contributed by atoms with van der Waals surface area (Å²) in [4.78, 5) is 50.2. The third-order valence-electron chi connectivity index (χ3n) is 16.2. The number of halogens is 1. The van der Waals surface area contributed by atoms with Crippen molar-refractivity contribution in [3.05, 3.63) is 72.6 Å². The Morgan fingerprint density at radius 3 is 1.99 bits per heavy atom. The number of carbonyl (C=O) groups is 3. The fourth-order valence-corrected chi connectivity index (χ4v) is 12.8. The number of rotatable bonds is 13. The molecule has 4 saturated carbocycles. The number of esters is 1. The Kier molecular flexibility index (Phi) is 26.4. The second-order valence-electron chi connectivity index (χ2n) is 22.6. The van der Waals surface area contributed by atoms with Crippen molar-refractivity contribution < 1.29 is 33.7 Å². The molecule has 0 aliphatic heterocycles. The van der Waals surface area contributed by atoms with E-state index in [9.17, 15) is 23.9 Å². The van der Waals surface area contributed by atoms with Crippen LogP contribution < -0.4 is 5.73 Å². The van der Waals surface area contributed by atoms with Gasteiger partial charge < -0.3 is 25.6 Å². The molecular weight excluding hydrogens is 908 g/mol. The number of carbonyl (C=O) groups excluding carboxylic acids is 2. The summed E-state index contributed by atoms with van der Waals surface area (Å²) >= 11 is 0. The predicted octanol–water partition coefficient (Wildman–Crippen LogP) is 13.1. The second kappa shape index (κ2) is 28.9. The first-order valence-electron chi connectivity index (χ1n) is 26.7. The van der Waals surface area contributed by atoms with Gasteiger partial charge in [0, 0.05) is 57.6 Å². The Bertz CT molecular complexity index is 2020. The smallest absolute Gasteiger partial charge is 0.309 e. The second-order valence-corrected chi connectivity index (χ2v) is 22.6. The highest BCUT2D eigenvalue weighted by molar-refractivity contribution is 6.01. The maximum atomic E-state index is 14.2. The van der Waals surface area contributed by atoms with Crippen LogP contribution in [0.3, 0.4) is 0 Å². The average molecular weight is 1010 g/mol. The maximum Gasteiger partial charge on any atom is 0.309 e. The number of hydrogen-bond donors (Lipinski definition) is 3. The number of fused-ring (bicyclic) bond motifs is 7. The Balaban J connectivity index is 0.00000133. The Hall–Kier alpha value is -4.36. The van der Waals surface area contributed by atoms with Crippen molar-refractivity contribution in [2.45, 2.75) is 187 Å². The molecule has 1 aromatic heterocycles. The Morgan fingerprint density at radius 2 is 1.50 bits per heavy atom. The quantitative estimate of drug-likeness (QED) is 0.0430. The molecule has 0 bridgehead atoms. The fraction of sp³-hybridized carbons (Fsp3) is 0.712. The highest BCUT2D eigenvalue weighted by Crippen LogP contribution is 2.72. The number of aryl methyl sites for hydroxylation is 1. The van der Waals surface area contributed by atoms with Crippen LogP contribution in [0.2, 0.25) is 0 Å². The number of amidine groups is 1. The van der Waals surface area contributed by atoms with Gasteiger partial charge in [0.2, 0.25) is 0 Å². The average Bonchev–Trinajstić information content (AvgIpc) is 3.64. The van der Waals surface area contributed by atoms with Crippen LogP contribution in [0.15, 0.2) is 71.5 Å². The van der Waals surface area contributed by atoms with E-state index in [0.717, 1.165) is 81.5 Å². The first-order valence-corrected chi connectivity index (χ1v) is 26.7. The molecule has 72 heavy (non-hydrogen) atoms. The molecule has 9 atom stereocenters. The molecule has 1 aromatic rings. The summed E-state index contributed by atoms with van der Waals surface area (Å²) in [6.45, 7) is 46.0. The summed E-state index contributed by atoms with van der Waals surface area (Å²) in [5.74, 6) is 2.03. The minimum absolute atomic E-state index is 0.117. The molecule has 1 heterocycles. The lowest BCUT2D eigenvalue weighted by Crippen LogP contribution is -2.60. The molecule has 6 rings (SSSR count). The molecule has 0 saturated heterocycles. The van der Waals surface area contributed by atoms with Gasteiger partial charge in [0.25, 0.3) is 0 Å². The van der Waals surface area contributed by atoms with Crippen molar-refractivity contribution in [2.24, 2.45) is 78.5 Å². The molecule has 9 unspecified atom stereocenters. The monoisotopic (exact) mass is 1010 g/mol. The van der Waals surface area contributed by atoms with Crippen molar-refractivity contribution >= 4 is 30.3 Å². The molecule has 0 radical (unpaired) electrons. The first-order chi connectivity index (χ1) is 33.7. The molecule has 0 aromatic carbocycles. The third kappa shape index (κ3) is 16.1. The molecule has 13 heteroatoms. The molecule has 12 nitrogen and oxygen atoms in total. The van der Waals surface area contributed by atoms with Crippen molar-refractivity contribution in [3.8, 4) is 0 Å². The summed E-state index contributed by atoms with van der Waals surface area (Å²) < 4.78 is 17.2. The van der Waals surface area contributed by atoms with Crippen molar-refractivity contribution in [2.75, 3.05) is 20.2 Å². The molecule has 4 fully saturated rings. The normalized spacial score (nSPS) is 28.2. The number of carboxylic acids is 1. The number of hydrogen-bond acceptors (Lipinski definition) is 10. The molecule has 408 valence electrons. The number of aromatic nitrogens is 2. The van der Waals surface area contributed by atoms with Gasteiger partial charge in [-0.3, -0.25) is 14.4 Å². The highest BCUT2D eigenvalue weighted by atomic mass is 19.1. The van der Waals surface area contributed by atoms with E-state index in [2.05, 4.69) is 107 Å². The number of carboxylic acid groups (broad SMARTS) is 1. The zero-order valence-electron chi connectivity index (χ0n) is 47.8. The van der Waals surface area contributed by atoms with Crippen LogP contribution >= 0.6 is 0 Å². The van der Waals surface area contributed by atoms with Crippen molar-refractivity contribution in [1.82, 2.24) is 14.9 Å². The molecule has 0 amide bonds. The van der Waals surface area contributed by atoms with Crippen LogP contribution in [0.1, 0.15) is 179 Å². The van der Waals surface area contributed by atoms with Gasteiger partial charge in [0.15, 0.2) is 5.78 Å². The van der Waals surface area contributed by atoms with Gasteiger partial charge in [-0.15, -0.1) is 11.7 Å². The number of aliphatic hydroxyl groups excluding tert-OH is 1. The van der Waals surface area contributed by atoms with E-state index in [1.54, 1.807) is 13.8 Å². The van der Waals surface area contributed by atoms with E-state index in [-0.39, 0.29) is 40.6 Å². The largest absolute Gasteiger partial charge is 0.481 e. The number of aliphatic carboxylic acids is 1. The summed E-state index contributed by atoms with van der Waals surface area (Å²) in [5.41, 5.74) is 8.70. The molecule has 5 aliphatic rings. The van der Waals surface area contributed by atoms with Gasteiger partial charge >= 0.3 is 11.9 Å². The number of nitrogens with zero attached hydrogens (tertiary/aromatic N) is 5. The predicted molar refractivity (Wildman–Crippen MR) is 295 cm³/mol. The molecular formula is C59H99FN6O6. The fourth-order valence-electron chi connectivity index (χ4n) is 12.8. The van der Waals surface area contributed by atoms with Gasteiger partial charge in [0.05, 0.1) is 18.4 Å². The van der Waals surface area contributed by atoms with Crippen LogP contribution in [0, 0.1) is 69.5 Å². The molecule has 0 spiro atoms. The van der Waals surface area contributed by atoms with Crippen LogP contribution in [-0.2, 0) is 25.7 Å². The van der Waals surface area contributed by atoms with E-state index in [1.807, 2.05) is 53.1 Å². The number of ether oxygens (including phenoxy) is 1. The lowest BCUT2D eigenvalue weighted by atomic mass is 9.38. The SMILES string of the molecule is C=CC(=C)F.C=CC(C)(C)C.C=N/N=C(/CC12CCC3C(CCC4C3(C)CCC3C(C)C(OC(=O)CC(C)(C)C(=O)O)CCC34C)C1=C(C(C)C)C(=O)C2)N(CCN)Cc1ncc(C)cn1.CC.CC.CO. The van der Waals surface area contributed by atoms with Gasteiger partial charge in [0.1, 0.15) is 23.6 Å². The minimum Gasteiger partial charge on any atom is -0.481 e. The lowest BCUT2D eigenvalue weighted by molar-refractivity contribution is -0.191. The maximum absolute atomic E-state index is 14.2. The number of aliphatic hydroxyl groups is 1. The van der Waals surface area contributed by atoms with Gasteiger partial charge in [-0.05, 0) is 141 Å². The number of nitrogens with two attached hydrogens (primary N) is 1. The Labute approximate surface area is 435 Å². The summed E-state index contributed by atoms with van der Waals surface area (Å²) in [6, 6.07) is 0. The Morgan fingerprint density at radius 1 is 0.972 bits per heavy atom. The van der Waals surface area contributed by atoms with Gasteiger partial charge in [-0.25, -0.2) is 14.4 Å². The van der Waals surface area contributed by atoms with Gasteiger partial charge in [-0.2, -0.15) is 5.10 Å². The lowest BCUT2D eigenvalue weighted by Gasteiger charge is -2.67. The molecule has 5 aliphatic carbocycles. The third-order valence-corrected chi connectivity index (χ3v) is 16.2. The first kappa shape index (κ1) is 65.7. The zero-order chi connectivity index (χ0) is 55.6. The van der Waals surface area contributed by atoms with E-state index in [4.69, 9.17) is 15.6 Å². The van der Waals surface area contributed by atoms with Gasteiger partial charge in [-0.1, -0.05) is 108 Å². The van der Waals surface area contributed by atoms with E-state index in [1.165, 1.54) is 5.57 Å².